The van der Waals surface area contributed by atoms with E-state index in [2.05, 4.69) is 42.3 Å². The Morgan fingerprint density at radius 2 is 1.35 bits per heavy atom. The molecule has 1 aromatic heterocycles. The van der Waals surface area contributed by atoms with Crippen molar-refractivity contribution in [3.63, 3.8) is 0 Å². The van der Waals surface area contributed by atoms with Crippen LogP contribution in [0, 0.1) is 0 Å². The zero-order chi connectivity index (χ0) is 16.8. The molecule has 0 unspecified atom stereocenters. The van der Waals surface area contributed by atoms with Crippen molar-refractivity contribution in [3.8, 4) is 0 Å². The SMILES string of the molecule is CCCCCCCCCC[n+]1ccn(CCCC)c1CCCC. The van der Waals surface area contributed by atoms with Crippen molar-refractivity contribution < 1.29 is 4.57 Å². The van der Waals surface area contributed by atoms with E-state index in [1.807, 2.05) is 0 Å². The maximum absolute atomic E-state index is 2.53. The summed E-state index contributed by atoms with van der Waals surface area (Å²) in [5.74, 6) is 1.56. The highest BCUT2D eigenvalue weighted by molar-refractivity contribution is 4.84. The van der Waals surface area contributed by atoms with E-state index >= 15 is 0 Å². The second-order valence-electron chi connectivity index (χ2n) is 7.03. The molecule has 2 nitrogen and oxygen atoms in total. The molecule has 23 heavy (non-hydrogen) atoms. The Balaban J connectivity index is 2.32. The molecule has 0 aliphatic rings. The molecular weight excluding hydrogens is 280 g/mol. The first-order valence-electron chi connectivity index (χ1n) is 10.4. The van der Waals surface area contributed by atoms with Gasteiger partial charge < -0.3 is 0 Å². The van der Waals surface area contributed by atoms with Gasteiger partial charge in [0.2, 0.25) is 0 Å². The van der Waals surface area contributed by atoms with Gasteiger partial charge in [-0.15, -0.1) is 0 Å². The van der Waals surface area contributed by atoms with Crippen molar-refractivity contribution in [2.75, 3.05) is 0 Å². The molecule has 1 heterocycles. The lowest BCUT2D eigenvalue weighted by Crippen LogP contribution is -2.37. The Kier molecular flexibility index (Phi) is 12.0. The number of aromatic nitrogens is 2. The molecule has 0 N–H and O–H groups in total. The van der Waals surface area contributed by atoms with Gasteiger partial charge in [0.1, 0.15) is 12.4 Å². The smallest absolute Gasteiger partial charge is 0.234 e. The molecule has 0 fully saturated rings. The van der Waals surface area contributed by atoms with Crippen LogP contribution in [0.15, 0.2) is 12.4 Å². The minimum atomic E-state index is 1.19. The molecule has 1 aromatic rings. The van der Waals surface area contributed by atoms with E-state index in [1.54, 1.807) is 5.82 Å². The van der Waals surface area contributed by atoms with Gasteiger partial charge in [-0.25, -0.2) is 9.13 Å². The summed E-state index contributed by atoms with van der Waals surface area (Å²) in [6.45, 7) is 9.28. The Morgan fingerprint density at radius 1 is 0.739 bits per heavy atom. The Bertz CT molecular complexity index is 381. The third kappa shape index (κ3) is 8.58. The third-order valence-corrected chi connectivity index (χ3v) is 4.85. The number of hydrogen-bond donors (Lipinski definition) is 0. The topological polar surface area (TPSA) is 8.81 Å². The number of imidazole rings is 1. The van der Waals surface area contributed by atoms with Crippen LogP contribution in [-0.4, -0.2) is 4.57 Å². The predicted octanol–water partition coefficient (Wildman–Crippen LogP) is 6.06. The Labute approximate surface area is 145 Å². The van der Waals surface area contributed by atoms with Crippen LogP contribution >= 0.6 is 0 Å². The van der Waals surface area contributed by atoms with Gasteiger partial charge in [-0.1, -0.05) is 72.1 Å². The van der Waals surface area contributed by atoms with Crippen molar-refractivity contribution in [2.45, 2.75) is 117 Å². The largest absolute Gasteiger partial charge is 0.256 e. The van der Waals surface area contributed by atoms with Gasteiger partial charge in [0.15, 0.2) is 0 Å². The molecule has 2 heteroatoms. The molecule has 0 aromatic carbocycles. The van der Waals surface area contributed by atoms with E-state index in [-0.39, 0.29) is 0 Å². The van der Waals surface area contributed by atoms with Crippen molar-refractivity contribution in [2.24, 2.45) is 0 Å². The first-order chi connectivity index (χ1) is 11.3. The highest BCUT2D eigenvalue weighted by Gasteiger charge is 2.15. The van der Waals surface area contributed by atoms with Gasteiger partial charge in [-0.05, 0) is 25.7 Å². The van der Waals surface area contributed by atoms with Crippen molar-refractivity contribution >= 4 is 0 Å². The fraction of sp³-hybridized carbons (Fsp3) is 0.857. The van der Waals surface area contributed by atoms with Crippen LogP contribution in [0.2, 0.25) is 0 Å². The van der Waals surface area contributed by atoms with E-state index in [4.69, 9.17) is 0 Å². The molecule has 134 valence electrons. The van der Waals surface area contributed by atoms with Gasteiger partial charge in [0.05, 0.1) is 13.1 Å². The van der Waals surface area contributed by atoms with Crippen LogP contribution in [0.25, 0.3) is 0 Å². The van der Waals surface area contributed by atoms with E-state index in [0.717, 1.165) is 0 Å². The van der Waals surface area contributed by atoms with Crippen LogP contribution < -0.4 is 4.57 Å². The van der Waals surface area contributed by atoms with Gasteiger partial charge >= 0.3 is 0 Å². The van der Waals surface area contributed by atoms with Crippen LogP contribution in [0.3, 0.4) is 0 Å². The normalized spacial score (nSPS) is 11.3. The quantitative estimate of drug-likeness (QED) is 0.274. The van der Waals surface area contributed by atoms with Crippen molar-refractivity contribution in [3.05, 3.63) is 18.2 Å². The lowest BCUT2D eigenvalue weighted by atomic mass is 10.1. The molecule has 0 saturated carbocycles. The summed E-state index contributed by atoms with van der Waals surface area (Å²) in [5.41, 5.74) is 0. The van der Waals surface area contributed by atoms with Crippen LogP contribution in [0.5, 0.6) is 0 Å². The third-order valence-electron chi connectivity index (χ3n) is 4.85. The summed E-state index contributed by atoms with van der Waals surface area (Å²) in [6, 6.07) is 0. The lowest BCUT2D eigenvalue weighted by molar-refractivity contribution is -0.704. The summed E-state index contributed by atoms with van der Waals surface area (Å²) < 4.78 is 5.03. The van der Waals surface area contributed by atoms with Crippen LogP contribution in [-0.2, 0) is 19.5 Å². The zero-order valence-electron chi connectivity index (χ0n) is 16.2. The van der Waals surface area contributed by atoms with Gasteiger partial charge in [0.25, 0.3) is 5.82 Å². The van der Waals surface area contributed by atoms with Crippen molar-refractivity contribution in [1.82, 2.24) is 4.57 Å². The van der Waals surface area contributed by atoms with Gasteiger partial charge in [-0.3, -0.25) is 0 Å². The fourth-order valence-corrected chi connectivity index (χ4v) is 3.27. The Hall–Kier alpha value is -0.790. The molecule has 0 atom stereocenters. The number of hydrogen-bond acceptors (Lipinski definition) is 0. The molecule has 1 rings (SSSR count). The monoisotopic (exact) mass is 321 g/mol. The first-order valence-corrected chi connectivity index (χ1v) is 10.4. The second-order valence-corrected chi connectivity index (χ2v) is 7.03. The molecule has 0 radical (unpaired) electrons. The number of unbranched alkanes of at least 4 members (excludes halogenated alkanes) is 9. The zero-order valence-corrected chi connectivity index (χ0v) is 16.2. The van der Waals surface area contributed by atoms with Gasteiger partial charge in [0, 0.05) is 6.42 Å². The molecule has 0 aliphatic heterocycles. The molecule has 0 saturated heterocycles. The molecule has 0 aliphatic carbocycles. The predicted molar refractivity (Wildman–Crippen MR) is 101 cm³/mol. The standard InChI is InChI=1S/C21H41N2/c1-4-7-10-11-12-13-14-15-18-23-20-19-22(17-9-6-3)21(23)16-8-5-2/h19-20H,4-18H2,1-3H3/q+1. The number of nitrogens with zero attached hydrogens (tertiary/aromatic N) is 2. The number of aryl methyl sites for hydroxylation is 2. The first kappa shape index (κ1) is 20.3. The highest BCUT2D eigenvalue weighted by atomic mass is 15.1. The van der Waals surface area contributed by atoms with E-state index in [1.165, 1.54) is 96.6 Å². The highest BCUT2D eigenvalue weighted by Crippen LogP contribution is 2.09. The van der Waals surface area contributed by atoms with Crippen LogP contribution in [0.4, 0.5) is 0 Å². The molecule has 0 amide bonds. The van der Waals surface area contributed by atoms with Crippen LogP contribution in [0.1, 0.15) is 104 Å². The molecule has 0 spiro atoms. The average Bonchev–Trinajstić information content (AvgIpc) is 2.95. The fourth-order valence-electron chi connectivity index (χ4n) is 3.27. The Morgan fingerprint density at radius 3 is 2.00 bits per heavy atom. The summed E-state index contributed by atoms with van der Waals surface area (Å²) in [6.07, 6.45) is 22.3. The van der Waals surface area contributed by atoms with Gasteiger partial charge in [-0.2, -0.15) is 0 Å². The minimum absolute atomic E-state index is 1.19. The summed E-state index contributed by atoms with van der Waals surface area (Å²) in [5, 5.41) is 0. The second kappa shape index (κ2) is 13.6. The maximum Gasteiger partial charge on any atom is 0.256 e. The maximum atomic E-state index is 2.53. The number of rotatable bonds is 15. The van der Waals surface area contributed by atoms with Crippen molar-refractivity contribution in [1.29, 1.82) is 0 Å². The molecule has 0 bridgehead atoms. The minimum Gasteiger partial charge on any atom is -0.234 e. The lowest BCUT2D eigenvalue weighted by Gasteiger charge is -2.05. The summed E-state index contributed by atoms with van der Waals surface area (Å²) in [7, 11) is 0. The van der Waals surface area contributed by atoms with E-state index in [9.17, 15) is 0 Å². The van der Waals surface area contributed by atoms with E-state index < -0.39 is 0 Å². The molecular formula is C21H41N2+. The summed E-state index contributed by atoms with van der Waals surface area (Å²) in [4.78, 5) is 0. The average molecular weight is 322 g/mol. The van der Waals surface area contributed by atoms with E-state index in [0.29, 0.717) is 0 Å². The summed E-state index contributed by atoms with van der Waals surface area (Å²) >= 11 is 0.